The first-order valence-electron chi connectivity index (χ1n) is 12.7. The van der Waals surface area contributed by atoms with E-state index >= 15 is 0 Å². The number of carbonyl (C=O) groups is 2. The van der Waals surface area contributed by atoms with Crippen LogP contribution in [0.4, 0.5) is 0 Å². The van der Waals surface area contributed by atoms with E-state index in [0.717, 1.165) is 48.0 Å². The van der Waals surface area contributed by atoms with Crippen molar-refractivity contribution in [1.82, 2.24) is 4.98 Å². The third kappa shape index (κ3) is 8.77. The first kappa shape index (κ1) is 30.9. The fourth-order valence-corrected chi connectivity index (χ4v) is 4.44. The minimum Gasteiger partial charge on any atom is -0.299 e. The molecule has 0 fully saturated rings. The average Bonchev–Trinajstić information content (AvgIpc) is 2.80. The number of aryl methyl sites for hydroxylation is 3. The molecule has 3 aromatic rings. The molecular formula is C31H40IrNO2-. The van der Waals surface area contributed by atoms with E-state index in [1.54, 1.807) is 0 Å². The smallest absolute Gasteiger partial charge is 0.143 e. The van der Waals surface area contributed by atoms with Gasteiger partial charge in [-0.15, -0.1) is 34.9 Å². The Balaban J connectivity index is 0.000000352. The number of benzene rings is 2. The van der Waals surface area contributed by atoms with Crippen LogP contribution in [-0.2, 0) is 29.7 Å². The Labute approximate surface area is 225 Å². The van der Waals surface area contributed by atoms with Crippen LogP contribution in [0.1, 0.15) is 76.5 Å². The predicted octanol–water partition coefficient (Wildman–Crippen LogP) is 8.01. The predicted molar refractivity (Wildman–Crippen MR) is 143 cm³/mol. The molecule has 0 aliphatic rings. The van der Waals surface area contributed by atoms with Crippen molar-refractivity contribution < 1.29 is 29.7 Å². The molecular weight excluding hydrogens is 611 g/mol. The van der Waals surface area contributed by atoms with Crippen LogP contribution < -0.4 is 0 Å². The van der Waals surface area contributed by atoms with Crippen LogP contribution >= 0.6 is 0 Å². The maximum Gasteiger partial charge on any atom is 0.143 e. The number of hydrogen-bond acceptors (Lipinski definition) is 3. The fraction of sp³-hybridized carbons (Fsp3) is 0.452. The maximum absolute atomic E-state index is 11.7. The van der Waals surface area contributed by atoms with Crippen LogP contribution in [0.15, 0.2) is 42.5 Å². The molecule has 0 unspecified atom stereocenters. The zero-order chi connectivity index (χ0) is 25.3. The molecule has 0 aliphatic carbocycles. The summed E-state index contributed by atoms with van der Waals surface area (Å²) >= 11 is 0. The van der Waals surface area contributed by atoms with Gasteiger partial charge in [-0.2, -0.15) is 0 Å². The van der Waals surface area contributed by atoms with Gasteiger partial charge in [0, 0.05) is 37.3 Å². The van der Waals surface area contributed by atoms with Gasteiger partial charge in [-0.3, -0.25) is 14.6 Å². The average molecular weight is 651 g/mol. The molecule has 3 rings (SSSR count). The third-order valence-corrected chi connectivity index (χ3v) is 6.60. The summed E-state index contributed by atoms with van der Waals surface area (Å²) in [5.74, 6) is 0.445. The SMILES string of the molecule is CCC(CC)C(=O)CC(=O)C(CC)CC.Cc1[c-]c(-c2ccc3c(C)cccc3n2)cc(C)c1.[Ir]. The Hall–Kier alpha value is -2.16. The van der Waals surface area contributed by atoms with Crippen molar-refractivity contribution in [2.24, 2.45) is 11.8 Å². The van der Waals surface area contributed by atoms with E-state index in [9.17, 15) is 9.59 Å². The molecule has 0 amide bonds. The largest absolute Gasteiger partial charge is 0.299 e. The summed E-state index contributed by atoms with van der Waals surface area (Å²) in [7, 11) is 0. The summed E-state index contributed by atoms with van der Waals surface area (Å²) in [6.45, 7) is 14.3. The number of Topliss-reactive ketones (excluding diaryl/α,β-unsaturated/α-hetero) is 2. The van der Waals surface area contributed by atoms with E-state index < -0.39 is 0 Å². The topological polar surface area (TPSA) is 47.0 Å². The van der Waals surface area contributed by atoms with Crippen LogP contribution in [0.2, 0.25) is 0 Å². The number of ketones is 2. The van der Waals surface area contributed by atoms with E-state index in [-0.39, 0.29) is 49.9 Å². The summed E-state index contributed by atoms with van der Waals surface area (Å²) in [4.78, 5) is 28.2. The molecule has 4 heteroatoms. The van der Waals surface area contributed by atoms with Gasteiger partial charge in [0.25, 0.3) is 0 Å². The van der Waals surface area contributed by atoms with Crippen LogP contribution in [0.3, 0.4) is 0 Å². The molecule has 0 aliphatic heterocycles. The van der Waals surface area contributed by atoms with Gasteiger partial charge in [0.15, 0.2) is 0 Å². The minimum atomic E-state index is 0. The van der Waals surface area contributed by atoms with Crippen LogP contribution in [-0.4, -0.2) is 16.6 Å². The Bertz CT molecular complexity index is 1070. The molecule has 3 nitrogen and oxygen atoms in total. The number of carbonyl (C=O) groups excluding carboxylic acids is 2. The van der Waals surface area contributed by atoms with Crippen molar-refractivity contribution >= 4 is 22.5 Å². The Kier molecular flexibility index (Phi) is 13.3. The van der Waals surface area contributed by atoms with E-state index in [1.807, 2.05) is 27.7 Å². The van der Waals surface area contributed by atoms with Gasteiger partial charge in [0.05, 0.1) is 11.9 Å². The minimum absolute atomic E-state index is 0. The number of pyridine rings is 1. The number of aromatic nitrogens is 1. The summed E-state index contributed by atoms with van der Waals surface area (Å²) in [6, 6.07) is 18.1. The Morgan fingerprint density at radius 1 is 0.829 bits per heavy atom. The molecule has 0 bridgehead atoms. The number of nitrogens with zero attached hydrogens (tertiary/aromatic N) is 1. The van der Waals surface area contributed by atoms with Crippen molar-refractivity contribution in [2.75, 3.05) is 0 Å². The van der Waals surface area contributed by atoms with Gasteiger partial charge < -0.3 is 0 Å². The Morgan fingerprint density at radius 2 is 1.40 bits per heavy atom. The number of hydrogen-bond donors (Lipinski definition) is 0. The van der Waals surface area contributed by atoms with Gasteiger partial charge in [-0.25, -0.2) is 0 Å². The summed E-state index contributed by atoms with van der Waals surface area (Å²) in [6.07, 6.45) is 3.56. The third-order valence-electron chi connectivity index (χ3n) is 6.60. The fourth-order valence-electron chi connectivity index (χ4n) is 4.44. The van der Waals surface area contributed by atoms with Crippen molar-refractivity contribution in [3.8, 4) is 11.3 Å². The second-order valence-corrected chi connectivity index (χ2v) is 9.23. The molecule has 2 aromatic carbocycles. The monoisotopic (exact) mass is 651 g/mol. The van der Waals surface area contributed by atoms with Crippen molar-refractivity contribution in [3.05, 3.63) is 65.2 Å². The van der Waals surface area contributed by atoms with E-state index in [1.165, 1.54) is 16.5 Å². The normalized spacial score (nSPS) is 10.7. The molecule has 1 aromatic heterocycles. The summed E-state index contributed by atoms with van der Waals surface area (Å²) in [5.41, 5.74) is 6.77. The number of fused-ring (bicyclic) bond motifs is 1. The van der Waals surface area contributed by atoms with E-state index in [2.05, 4.69) is 69.3 Å². The molecule has 1 radical (unpaired) electrons. The van der Waals surface area contributed by atoms with Gasteiger partial charge in [0.1, 0.15) is 11.6 Å². The van der Waals surface area contributed by atoms with Crippen molar-refractivity contribution in [1.29, 1.82) is 0 Å². The first-order chi connectivity index (χ1) is 16.2. The summed E-state index contributed by atoms with van der Waals surface area (Å²) < 4.78 is 0. The second kappa shape index (κ2) is 15.1. The Morgan fingerprint density at radius 3 is 1.91 bits per heavy atom. The van der Waals surface area contributed by atoms with E-state index in [4.69, 9.17) is 4.98 Å². The van der Waals surface area contributed by atoms with Crippen molar-refractivity contribution in [3.63, 3.8) is 0 Å². The molecule has 35 heavy (non-hydrogen) atoms. The molecule has 0 N–H and O–H groups in total. The van der Waals surface area contributed by atoms with Gasteiger partial charge >= 0.3 is 0 Å². The van der Waals surface area contributed by atoms with E-state index in [0.29, 0.717) is 0 Å². The summed E-state index contributed by atoms with van der Waals surface area (Å²) in [5, 5.41) is 1.22. The quantitative estimate of drug-likeness (QED) is 0.174. The van der Waals surface area contributed by atoms with Crippen LogP contribution in [0, 0.1) is 38.7 Å². The van der Waals surface area contributed by atoms with Crippen LogP contribution in [0.5, 0.6) is 0 Å². The molecule has 0 atom stereocenters. The zero-order valence-corrected chi connectivity index (χ0v) is 24.7. The molecule has 1 heterocycles. The first-order valence-corrected chi connectivity index (χ1v) is 12.7. The standard InChI is InChI=1S/C18H16N.C13H24O2.Ir/c1-12-9-13(2)11-15(10-12)17-8-7-16-14(3)5-4-6-18(16)19-17;1-5-10(6-2)12(14)9-13(15)11(7-3)8-4;/h4-10H,1-3H3;10-11H,5-9H2,1-4H3;/q-1;;. The van der Waals surface area contributed by atoms with Crippen LogP contribution in [0.25, 0.3) is 22.2 Å². The van der Waals surface area contributed by atoms with Crippen molar-refractivity contribution in [2.45, 2.75) is 80.6 Å². The van der Waals surface area contributed by atoms with Gasteiger partial charge in [-0.05, 0) is 49.9 Å². The molecule has 191 valence electrons. The maximum atomic E-state index is 11.7. The molecule has 0 spiro atoms. The number of rotatable bonds is 9. The molecule has 0 saturated carbocycles. The van der Waals surface area contributed by atoms with Gasteiger partial charge in [0.2, 0.25) is 0 Å². The van der Waals surface area contributed by atoms with Gasteiger partial charge in [-0.1, -0.05) is 65.8 Å². The second-order valence-electron chi connectivity index (χ2n) is 9.23. The zero-order valence-electron chi connectivity index (χ0n) is 22.3. The molecule has 0 saturated heterocycles.